The third kappa shape index (κ3) is 3.45. The number of benzene rings is 3. The van der Waals surface area contributed by atoms with E-state index in [9.17, 15) is 9.59 Å². The number of allylic oxidation sites excluding steroid dienone is 2. The minimum atomic E-state index is -0.456. The first kappa shape index (κ1) is 20.5. The van der Waals surface area contributed by atoms with Gasteiger partial charge in [0.05, 0.1) is 16.3 Å². The number of hydrogen-bond donors (Lipinski definition) is 0. The third-order valence-corrected chi connectivity index (χ3v) is 7.83. The Morgan fingerprint density at radius 1 is 0.970 bits per heavy atom. The zero-order valence-corrected chi connectivity index (χ0v) is 20.0. The predicted octanol–water partition coefficient (Wildman–Crippen LogP) is 4.88. The van der Waals surface area contributed by atoms with E-state index in [2.05, 4.69) is 34.1 Å². The van der Waals surface area contributed by atoms with Crippen molar-refractivity contribution >= 4 is 49.9 Å². The first-order valence-corrected chi connectivity index (χ1v) is 12.5. The second kappa shape index (κ2) is 8.04. The lowest BCUT2D eigenvalue weighted by atomic mass is 9.84. The Hall–Kier alpha value is -3.09. The van der Waals surface area contributed by atoms with Crippen molar-refractivity contribution < 1.29 is 4.79 Å². The van der Waals surface area contributed by atoms with Crippen LogP contribution >= 0.6 is 27.3 Å². The van der Waals surface area contributed by atoms with Crippen LogP contribution in [0, 0.1) is 0 Å². The summed E-state index contributed by atoms with van der Waals surface area (Å²) < 4.78 is 3.34. The highest BCUT2D eigenvalue weighted by Crippen LogP contribution is 2.38. The molecule has 4 aromatic rings. The summed E-state index contributed by atoms with van der Waals surface area (Å²) in [6.45, 7) is 0. The maximum absolute atomic E-state index is 13.7. The lowest BCUT2D eigenvalue weighted by molar-refractivity contribution is -0.116. The van der Waals surface area contributed by atoms with Gasteiger partial charge in [0.15, 0.2) is 10.6 Å². The molecule has 1 aromatic heterocycles. The molecule has 0 saturated carbocycles. The number of fused-ring (bicyclic) bond motifs is 2. The highest BCUT2D eigenvalue weighted by molar-refractivity contribution is 9.10. The number of aromatic nitrogens is 1. The fourth-order valence-corrected chi connectivity index (χ4v) is 6.09. The first-order chi connectivity index (χ1) is 16.1. The molecule has 2 aliphatic rings. The van der Waals surface area contributed by atoms with Crippen LogP contribution in [0.3, 0.4) is 0 Å². The van der Waals surface area contributed by atoms with Gasteiger partial charge in [0.1, 0.15) is 0 Å². The second-order valence-corrected chi connectivity index (χ2v) is 10.3. The Kier molecular flexibility index (Phi) is 5.00. The van der Waals surface area contributed by atoms with Crippen molar-refractivity contribution in [2.75, 3.05) is 0 Å². The number of nitrogens with zero attached hydrogens (tertiary/aromatic N) is 2. The van der Waals surface area contributed by atoms with E-state index < -0.39 is 6.04 Å². The molecule has 0 radical (unpaired) electrons. The number of ketones is 1. The molecule has 1 aliphatic heterocycles. The molecule has 0 spiro atoms. The van der Waals surface area contributed by atoms with Crippen LogP contribution in [0.2, 0.25) is 0 Å². The Balaban J connectivity index is 1.65. The van der Waals surface area contributed by atoms with E-state index in [1.807, 2.05) is 54.6 Å². The Morgan fingerprint density at radius 2 is 1.76 bits per heavy atom. The molecular formula is C27H19BrN2O2S. The summed E-state index contributed by atoms with van der Waals surface area (Å²) in [7, 11) is 0. The number of rotatable bonds is 2. The second-order valence-electron chi connectivity index (χ2n) is 8.34. The highest BCUT2D eigenvalue weighted by atomic mass is 79.9. The van der Waals surface area contributed by atoms with Crippen molar-refractivity contribution in [2.45, 2.75) is 25.3 Å². The quantitative estimate of drug-likeness (QED) is 0.382. The lowest BCUT2D eigenvalue weighted by Gasteiger charge is -2.29. The summed E-state index contributed by atoms with van der Waals surface area (Å²) in [5.74, 6) is 0.0973. The molecule has 33 heavy (non-hydrogen) atoms. The fourth-order valence-electron chi connectivity index (χ4n) is 4.80. The zero-order chi connectivity index (χ0) is 22.5. The predicted molar refractivity (Wildman–Crippen MR) is 135 cm³/mol. The van der Waals surface area contributed by atoms with E-state index in [-0.39, 0.29) is 11.3 Å². The van der Waals surface area contributed by atoms with Crippen molar-refractivity contribution in [1.29, 1.82) is 0 Å². The van der Waals surface area contributed by atoms with Crippen LogP contribution in [0.4, 0.5) is 0 Å². The SMILES string of the molecule is O=C1CCCC2=C1C(c1cccc3ccccc13)n1c(sc(=Cc3ccc(Br)cc3)c1=O)=N2. The highest BCUT2D eigenvalue weighted by Gasteiger charge is 2.35. The Labute approximate surface area is 202 Å². The van der Waals surface area contributed by atoms with Gasteiger partial charge in [-0.2, -0.15) is 0 Å². The van der Waals surface area contributed by atoms with Crippen LogP contribution < -0.4 is 14.9 Å². The average molecular weight is 515 g/mol. The molecule has 1 aliphatic carbocycles. The summed E-state index contributed by atoms with van der Waals surface area (Å²) in [4.78, 5) is 32.4. The van der Waals surface area contributed by atoms with Crippen LogP contribution in [-0.2, 0) is 4.79 Å². The van der Waals surface area contributed by atoms with E-state index in [0.717, 1.165) is 44.9 Å². The van der Waals surface area contributed by atoms with Crippen molar-refractivity contribution in [3.8, 4) is 0 Å². The van der Waals surface area contributed by atoms with Crippen molar-refractivity contribution in [1.82, 2.24) is 4.57 Å². The molecule has 0 amide bonds. The third-order valence-electron chi connectivity index (χ3n) is 6.31. The molecule has 162 valence electrons. The van der Waals surface area contributed by atoms with Gasteiger partial charge in [-0.3, -0.25) is 14.2 Å². The Bertz CT molecular complexity index is 1640. The van der Waals surface area contributed by atoms with Gasteiger partial charge in [-0.1, -0.05) is 81.9 Å². The van der Waals surface area contributed by atoms with Gasteiger partial charge in [-0.15, -0.1) is 0 Å². The van der Waals surface area contributed by atoms with Gasteiger partial charge in [0.2, 0.25) is 0 Å². The summed E-state index contributed by atoms with van der Waals surface area (Å²) in [6, 6.07) is 21.6. The minimum Gasteiger partial charge on any atom is -0.294 e. The molecule has 1 atom stereocenters. The molecule has 0 saturated heterocycles. The van der Waals surface area contributed by atoms with E-state index >= 15 is 0 Å². The molecule has 6 rings (SSSR count). The molecule has 0 N–H and O–H groups in total. The molecule has 2 heterocycles. The van der Waals surface area contributed by atoms with E-state index in [0.29, 0.717) is 21.3 Å². The van der Waals surface area contributed by atoms with Crippen LogP contribution in [-0.4, -0.2) is 10.4 Å². The van der Waals surface area contributed by atoms with E-state index in [1.54, 1.807) is 4.57 Å². The van der Waals surface area contributed by atoms with Gasteiger partial charge >= 0.3 is 0 Å². The molecule has 0 fully saturated rings. The molecule has 3 aromatic carbocycles. The van der Waals surface area contributed by atoms with Gasteiger partial charge < -0.3 is 0 Å². The number of carbonyl (C=O) groups is 1. The van der Waals surface area contributed by atoms with Gasteiger partial charge in [-0.25, -0.2) is 4.99 Å². The van der Waals surface area contributed by atoms with Crippen LogP contribution in [0.25, 0.3) is 16.8 Å². The summed E-state index contributed by atoms with van der Waals surface area (Å²) >= 11 is 4.85. The summed E-state index contributed by atoms with van der Waals surface area (Å²) in [5.41, 5.74) is 3.33. The number of halogens is 1. The fraction of sp³-hybridized carbons (Fsp3) is 0.148. The van der Waals surface area contributed by atoms with Crippen LogP contribution in [0.5, 0.6) is 0 Å². The summed E-state index contributed by atoms with van der Waals surface area (Å²) in [5, 5.41) is 2.15. The largest absolute Gasteiger partial charge is 0.294 e. The Morgan fingerprint density at radius 3 is 2.61 bits per heavy atom. The first-order valence-electron chi connectivity index (χ1n) is 10.9. The maximum atomic E-state index is 13.7. The van der Waals surface area contributed by atoms with Gasteiger partial charge in [0, 0.05) is 16.5 Å². The van der Waals surface area contributed by atoms with Crippen molar-refractivity contribution in [3.63, 3.8) is 0 Å². The van der Waals surface area contributed by atoms with Crippen molar-refractivity contribution in [3.05, 3.63) is 113 Å². The number of Topliss-reactive ketones (excluding diaryl/α,β-unsaturated/α-hetero) is 1. The van der Waals surface area contributed by atoms with Crippen molar-refractivity contribution in [2.24, 2.45) is 4.99 Å². The summed E-state index contributed by atoms with van der Waals surface area (Å²) in [6.07, 6.45) is 3.97. The molecule has 0 bridgehead atoms. The monoisotopic (exact) mass is 514 g/mol. The average Bonchev–Trinajstić information content (AvgIpc) is 3.14. The van der Waals surface area contributed by atoms with Crippen LogP contribution in [0.1, 0.15) is 36.4 Å². The van der Waals surface area contributed by atoms with Gasteiger partial charge in [-0.05, 0) is 52.9 Å². The molecule has 1 unspecified atom stereocenters. The molecule has 6 heteroatoms. The maximum Gasteiger partial charge on any atom is 0.271 e. The zero-order valence-electron chi connectivity index (χ0n) is 17.6. The number of hydrogen-bond acceptors (Lipinski definition) is 4. The molecule has 4 nitrogen and oxygen atoms in total. The van der Waals surface area contributed by atoms with Crippen LogP contribution in [0.15, 0.2) is 92.3 Å². The minimum absolute atomic E-state index is 0.0973. The normalized spacial score (nSPS) is 18.3. The van der Waals surface area contributed by atoms with Gasteiger partial charge in [0.25, 0.3) is 5.56 Å². The standard InChI is InChI=1S/C27H19BrN2O2S/c28-18-13-11-16(12-14-18)15-23-26(32)30-25(20-8-3-6-17-5-1-2-7-19(17)20)24-21(29-27(30)33-23)9-4-10-22(24)31/h1-3,5-8,11-15,25H,4,9-10H2. The van der Waals surface area contributed by atoms with E-state index in [4.69, 9.17) is 4.99 Å². The number of carbonyl (C=O) groups excluding carboxylic acids is 1. The van der Waals surface area contributed by atoms with E-state index in [1.165, 1.54) is 11.3 Å². The smallest absolute Gasteiger partial charge is 0.271 e. The number of thiazole rings is 1. The topological polar surface area (TPSA) is 51.4 Å². The lowest BCUT2D eigenvalue weighted by Crippen LogP contribution is -2.40. The molecular weight excluding hydrogens is 496 g/mol.